The topological polar surface area (TPSA) is 780 Å². The number of carbonyl (C=O) groups is 22. The molecule has 48 nitrogen and oxygen atoms in total. The summed E-state index contributed by atoms with van der Waals surface area (Å²) in [6, 6.07) is -7.09. The average Bonchev–Trinajstić information content (AvgIpc) is 1.53. The number of amides is 17. The summed E-state index contributed by atoms with van der Waals surface area (Å²) in [5, 5.41) is 73.0. The molecule has 698 valence electrons. The molecule has 29 N–H and O–H groups in total. The molecule has 130 heavy (non-hydrogen) atoms. The van der Waals surface area contributed by atoms with Crippen LogP contribution in [0.4, 0.5) is 0 Å². The summed E-state index contributed by atoms with van der Waals surface area (Å²) in [6.07, 6.45) is -4.38. The number of primary amides is 3. The standard InChI is InChI=1S/C82H104N22O26/c1-36(2)66(80(128)102-57(31-65(114)115)77(125)95-49(69(86)117)19-21-62(108)109)103-78(126)53(26-41-34-89-48-17-10-7-14-44(41)48)99-76(124)55(29-60(85)106)101-81(129)67-68(116)51(24-39-32-87-46-15-8-5-12-42(39)46)96-73(121)50(20-22-63(110)111)94-61(107)30-56(72(120)91-35-90-67)97-70(118)37(3)92-79(127)58-18-11-23-104(58)82(130)38(4)93-74(122)54(28-59(84)105)100-75(123)52(98-71(119)45(83)27-64(112)113)25-40-33-88-47-16-9-6-13-43(40)47/h5-10,12-17,32-34,36-38,45,49-58,66-67,87-90H,11,18-31,35,83H2,1-4H3,(H2,84,105)(H2,85,106)(H2,86,117)(H,91,120)(H,92,127)(H,93,122)(H,94,107)(H,95,125)(H,96,121)(H,97,118)(H,98,119)(H,99,124)(H,100,123)(H,101,129)(H,102,128)(H,103,126)(H,108,109)(H,110,111)(H,112,113)(H,114,115)/t37-,38-,45-,49-,50-,51-,52-,53-,54-,55-,56-,57-,58-,66-,67?/m0/s1. The predicted molar refractivity (Wildman–Crippen MR) is 453 cm³/mol. The summed E-state index contributed by atoms with van der Waals surface area (Å²) >= 11 is 0. The molecule has 5 heterocycles. The number of hydrogen-bond donors (Lipinski definition) is 25. The lowest BCUT2D eigenvalue weighted by Gasteiger charge is -2.30. The third-order valence-electron chi connectivity index (χ3n) is 21.4. The number of Topliss-reactive ketones (excluding diaryl/α,β-unsaturated/α-hetero) is 1. The molecule has 3 aromatic carbocycles. The second-order valence-electron chi connectivity index (χ2n) is 31.6. The number of likely N-dealkylation sites (tertiary alicyclic amines) is 1. The molecule has 0 saturated carbocycles. The van der Waals surface area contributed by atoms with Gasteiger partial charge in [0.25, 0.3) is 0 Å². The van der Waals surface area contributed by atoms with Gasteiger partial charge in [0.1, 0.15) is 78.5 Å². The fraction of sp³-hybridized carbons (Fsp3) is 0.439. The molecule has 6 aromatic rings. The zero-order valence-electron chi connectivity index (χ0n) is 70.7. The number of aliphatic carboxylic acids is 4. The van der Waals surface area contributed by atoms with E-state index in [1.54, 1.807) is 79.0 Å². The Morgan fingerprint density at radius 2 is 0.954 bits per heavy atom. The molecule has 1 unspecified atom stereocenters. The minimum absolute atomic E-state index is 0.0421. The Balaban J connectivity index is 1.02. The van der Waals surface area contributed by atoms with E-state index < -0.39 is 304 Å². The molecule has 3 aromatic heterocycles. The lowest BCUT2D eigenvalue weighted by atomic mass is 9.95. The van der Waals surface area contributed by atoms with Crippen LogP contribution in [0.25, 0.3) is 32.7 Å². The van der Waals surface area contributed by atoms with Crippen LogP contribution in [-0.2, 0) is 125 Å². The number of fused-ring (bicyclic) bond motifs is 3. The summed E-state index contributed by atoms with van der Waals surface area (Å²) in [5.41, 5.74) is 25.2. The number of carbonyl (C=O) groups excluding carboxylic acids is 18. The van der Waals surface area contributed by atoms with Crippen molar-refractivity contribution in [2.24, 2.45) is 28.9 Å². The molecule has 15 atom stereocenters. The molecule has 2 aliphatic rings. The summed E-state index contributed by atoms with van der Waals surface area (Å²) in [5.74, 6) is -28.4. The second-order valence-corrected chi connectivity index (χ2v) is 31.6. The molecule has 8 rings (SSSR count). The number of carboxylic acids is 4. The maximum absolute atomic E-state index is 15.5. The van der Waals surface area contributed by atoms with Crippen LogP contribution in [0.2, 0.25) is 0 Å². The number of nitrogens with two attached hydrogens (primary N) is 4. The predicted octanol–water partition coefficient (Wildman–Crippen LogP) is -7.09. The normalized spacial score (nSPS) is 18.4. The lowest BCUT2D eigenvalue weighted by molar-refractivity contribution is -0.142. The highest BCUT2D eigenvalue weighted by molar-refractivity contribution is 6.11. The van der Waals surface area contributed by atoms with Gasteiger partial charge in [-0.3, -0.25) is 111 Å². The highest BCUT2D eigenvalue weighted by Gasteiger charge is 2.43. The van der Waals surface area contributed by atoms with E-state index in [9.17, 15) is 112 Å². The Kier molecular flexibility index (Phi) is 35.7. The Morgan fingerprint density at radius 1 is 0.477 bits per heavy atom. The van der Waals surface area contributed by atoms with Crippen molar-refractivity contribution in [3.8, 4) is 0 Å². The average molecular weight is 1810 g/mol. The zero-order valence-corrected chi connectivity index (χ0v) is 70.7. The zero-order chi connectivity index (χ0) is 95.7. The number of nitrogens with one attached hydrogen (secondary N) is 17. The summed E-state index contributed by atoms with van der Waals surface area (Å²) in [6.45, 7) is 4.07. The van der Waals surface area contributed by atoms with E-state index in [1.165, 1.54) is 33.2 Å². The van der Waals surface area contributed by atoms with Crippen LogP contribution in [-0.4, -0.2) is 274 Å². The number of nitrogens with zero attached hydrogens (tertiary/aromatic N) is 1. The molecule has 0 aliphatic carbocycles. The number of para-hydroxylation sites is 3. The van der Waals surface area contributed by atoms with Gasteiger partial charge in [0.05, 0.1) is 50.9 Å². The van der Waals surface area contributed by atoms with E-state index in [2.05, 4.69) is 89.4 Å². The quantitative estimate of drug-likeness (QED) is 0.0158. The van der Waals surface area contributed by atoms with Crippen LogP contribution >= 0.6 is 0 Å². The monoisotopic (exact) mass is 1810 g/mol. The third kappa shape index (κ3) is 28.4. The third-order valence-corrected chi connectivity index (χ3v) is 21.4. The molecule has 2 saturated heterocycles. The van der Waals surface area contributed by atoms with Crippen LogP contribution in [0.15, 0.2) is 91.4 Å². The molecule has 48 heteroatoms. The van der Waals surface area contributed by atoms with Crippen LogP contribution in [0.1, 0.15) is 115 Å². The van der Waals surface area contributed by atoms with Gasteiger partial charge in [0.15, 0.2) is 5.78 Å². The largest absolute Gasteiger partial charge is 0.481 e. The van der Waals surface area contributed by atoms with E-state index in [-0.39, 0.29) is 25.8 Å². The number of ketones is 1. The van der Waals surface area contributed by atoms with Crippen molar-refractivity contribution >= 4 is 163 Å². The minimum atomic E-state index is -2.37. The highest BCUT2D eigenvalue weighted by Crippen LogP contribution is 2.25. The Morgan fingerprint density at radius 3 is 1.48 bits per heavy atom. The van der Waals surface area contributed by atoms with E-state index in [0.717, 1.165) is 11.8 Å². The van der Waals surface area contributed by atoms with Crippen molar-refractivity contribution in [3.63, 3.8) is 0 Å². The SMILES string of the molecule is CC(C)[C@H](NC(=O)[C@H](Cc1c[nH]c2ccccc12)NC(=O)[C@H](CC(N)=O)NC(=O)C1NCNC(=O)[C@@H](NC(=O)[C@H](C)NC(=O)[C@@H]2CCCN2C(=O)[C@H](C)NC(=O)[C@H](CC(N)=O)NC(=O)[C@H](Cc2c[nH]c3ccccc23)NC(=O)[C@@H](N)CC(=O)O)CC(=O)N[C@@H](CCC(=O)O)C(=O)N[C@@H](Cc2c[nH]c3ccccc23)C1=O)C(=O)N[C@@H](CC(=O)O)C(=O)N[C@@H](CCC(=O)O)C(N)=O. The van der Waals surface area contributed by atoms with Crippen LogP contribution < -0.4 is 97.4 Å². The Bertz CT molecular complexity index is 5330. The molecule has 0 radical (unpaired) electrons. The smallest absolute Gasteiger partial charge is 0.305 e. The van der Waals surface area contributed by atoms with Gasteiger partial charge in [-0.15, -0.1) is 0 Å². The molecule has 0 bridgehead atoms. The highest BCUT2D eigenvalue weighted by atomic mass is 16.4. The molecule has 2 fully saturated rings. The fourth-order valence-electron chi connectivity index (χ4n) is 14.6. The molecule has 0 spiro atoms. The number of benzene rings is 3. The first kappa shape index (κ1) is 100. The summed E-state index contributed by atoms with van der Waals surface area (Å²) < 4.78 is 0. The van der Waals surface area contributed by atoms with E-state index >= 15 is 14.4 Å². The van der Waals surface area contributed by atoms with Crippen molar-refractivity contribution < 1.29 is 126 Å². The van der Waals surface area contributed by atoms with Crippen LogP contribution in [0.3, 0.4) is 0 Å². The van der Waals surface area contributed by atoms with Crippen molar-refractivity contribution in [3.05, 3.63) is 108 Å². The summed E-state index contributed by atoms with van der Waals surface area (Å²) in [7, 11) is 0. The van der Waals surface area contributed by atoms with Gasteiger partial charge in [0.2, 0.25) is 100 Å². The Hall–Kier alpha value is -15.3. The molecular formula is C82H104N22O26. The minimum Gasteiger partial charge on any atom is -0.481 e. The van der Waals surface area contributed by atoms with Crippen LogP contribution in [0, 0.1) is 5.92 Å². The van der Waals surface area contributed by atoms with E-state index in [0.29, 0.717) is 49.4 Å². The van der Waals surface area contributed by atoms with Gasteiger partial charge in [0, 0.05) is 89.9 Å². The number of aromatic amines is 3. The molecule has 17 amide bonds. The van der Waals surface area contributed by atoms with Gasteiger partial charge in [-0.1, -0.05) is 68.4 Å². The maximum Gasteiger partial charge on any atom is 0.305 e. The van der Waals surface area contributed by atoms with Crippen molar-refractivity contribution in [2.45, 2.75) is 208 Å². The van der Waals surface area contributed by atoms with Gasteiger partial charge >= 0.3 is 23.9 Å². The van der Waals surface area contributed by atoms with Gasteiger partial charge in [-0.05, 0) is 80.3 Å². The Labute approximate surface area is 738 Å². The van der Waals surface area contributed by atoms with Crippen molar-refractivity contribution in [1.82, 2.24) is 94.3 Å². The van der Waals surface area contributed by atoms with Gasteiger partial charge in [-0.25, -0.2) is 0 Å². The first-order chi connectivity index (χ1) is 61.5. The van der Waals surface area contributed by atoms with E-state index in [1.807, 2.05) is 0 Å². The number of hydrogen-bond acceptors (Lipinski definition) is 24. The van der Waals surface area contributed by atoms with E-state index in [4.69, 9.17) is 22.9 Å². The van der Waals surface area contributed by atoms with Gasteiger partial charge < -0.3 is 132 Å². The second kappa shape index (κ2) is 46.3. The van der Waals surface area contributed by atoms with Crippen molar-refractivity contribution in [2.75, 3.05) is 13.2 Å². The lowest BCUT2D eigenvalue weighted by Crippen LogP contribution is -2.64. The number of H-pyrrole nitrogens is 3. The maximum atomic E-state index is 15.5. The van der Waals surface area contributed by atoms with Crippen molar-refractivity contribution in [1.29, 1.82) is 0 Å². The summed E-state index contributed by atoms with van der Waals surface area (Å²) in [4.78, 5) is 311. The molecular weight excluding hydrogens is 1710 g/mol. The fourth-order valence-corrected chi connectivity index (χ4v) is 14.6. The molecule has 2 aliphatic heterocycles. The number of carboxylic acid groups (broad SMARTS) is 4. The van der Waals surface area contributed by atoms with Crippen LogP contribution in [0.5, 0.6) is 0 Å². The first-order valence-corrected chi connectivity index (χ1v) is 41.1. The first-order valence-electron chi connectivity index (χ1n) is 41.1. The number of aromatic nitrogens is 3. The number of rotatable bonds is 43. The van der Waals surface area contributed by atoms with Gasteiger partial charge in [-0.2, -0.15) is 0 Å².